The Morgan fingerprint density at radius 1 is 1.13 bits per heavy atom. The molecule has 1 aromatic heterocycles. The quantitative estimate of drug-likeness (QED) is 0.376. The maximum absolute atomic E-state index is 13.3. The van der Waals surface area contributed by atoms with Crippen molar-refractivity contribution < 1.29 is 14.4 Å². The number of aryl methyl sites for hydroxylation is 2. The van der Waals surface area contributed by atoms with Gasteiger partial charge < -0.3 is 10.3 Å². The second kappa shape index (κ2) is 7.81. The standard InChI is InChI=1S/C23H20N4O3S/c1-13-7-8-16(9-14(13)2)27-22(30)18(21(29)25-23(27)31)10-15-11-26(12-20(24)28)19-6-4-3-5-17(15)19/h3-11H,12H2,1-2H3,(H2,24,28)(H,25,29,31). The van der Waals surface area contributed by atoms with E-state index >= 15 is 0 Å². The van der Waals surface area contributed by atoms with E-state index in [9.17, 15) is 14.4 Å². The van der Waals surface area contributed by atoms with Gasteiger partial charge in [0.05, 0.1) is 5.69 Å². The molecule has 0 unspecified atom stereocenters. The summed E-state index contributed by atoms with van der Waals surface area (Å²) in [6, 6.07) is 12.9. The van der Waals surface area contributed by atoms with Crippen LogP contribution in [0.1, 0.15) is 16.7 Å². The van der Waals surface area contributed by atoms with Crippen molar-refractivity contribution in [3.63, 3.8) is 0 Å². The number of anilines is 1. The second-order valence-electron chi connectivity index (χ2n) is 7.42. The molecule has 0 radical (unpaired) electrons. The van der Waals surface area contributed by atoms with E-state index in [1.165, 1.54) is 11.0 Å². The van der Waals surface area contributed by atoms with Gasteiger partial charge in [0, 0.05) is 22.7 Å². The van der Waals surface area contributed by atoms with Crippen molar-refractivity contribution in [2.24, 2.45) is 5.73 Å². The lowest BCUT2D eigenvalue weighted by Crippen LogP contribution is -2.54. The summed E-state index contributed by atoms with van der Waals surface area (Å²) in [5, 5.41) is 3.43. The number of fused-ring (bicyclic) bond motifs is 1. The number of hydrogen-bond donors (Lipinski definition) is 2. The van der Waals surface area contributed by atoms with Crippen molar-refractivity contribution in [3.8, 4) is 0 Å². The third kappa shape index (κ3) is 3.73. The number of primary amides is 1. The first-order chi connectivity index (χ1) is 14.8. The van der Waals surface area contributed by atoms with Gasteiger partial charge in [0.2, 0.25) is 5.91 Å². The summed E-state index contributed by atoms with van der Waals surface area (Å²) >= 11 is 5.28. The lowest BCUT2D eigenvalue weighted by Gasteiger charge is -2.29. The van der Waals surface area contributed by atoms with Gasteiger partial charge in [-0.25, -0.2) is 0 Å². The SMILES string of the molecule is Cc1ccc(N2C(=O)C(=Cc3cn(CC(N)=O)c4ccccc34)C(=O)NC2=S)cc1C. The smallest absolute Gasteiger partial charge is 0.270 e. The van der Waals surface area contributed by atoms with Crippen LogP contribution < -0.4 is 16.0 Å². The van der Waals surface area contributed by atoms with E-state index in [-0.39, 0.29) is 17.2 Å². The van der Waals surface area contributed by atoms with Crippen molar-refractivity contribution in [1.82, 2.24) is 9.88 Å². The molecule has 31 heavy (non-hydrogen) atoms. The van der Waals surface area contributed by atoms with E-state index < -0.39 is 17.7 Å². The number of nitrogens with one attached hydrogen (secondary N) is 1. The summed E-state index contributed by atoms with van der Waals surface area (Å²) in [5.41, 5.74) is 9.39. The summed E-state index contributed by atoms with van der Waals surface area (Å²) in [6.07, 6.45) is 3.23. The van der Waals surface area contributed by atoms with Gasteiger partial charge in [-0.1, -0.05) is 24.3 Å². The van der Waals surface area contributed by atoms with Crippen LogP contribution in [0.5, 0.6) is 0 Å². The summed E-state index contributed by atoms with van der Waals surface area (Å²) in [4.78, 5) is 38.7. The third-order valence-corrected chi connectivity index (χ3v) is 5.58. The van der Waals surface area contributed by atoms with E-state index in [0.29, 0.717) is 11.3 Å². The average Bonchev–Trinajstić information content (AvgIpc) is 3.04. The van der Waals surface area contributed by atoms with Gasteiger partial charge in [0.25, 0.3) is 11.8 Å². The van der Waals surface area contributed by atoms with Crippen LogP contribution in [0.4, 0.5) is 5.69 Å². The Labute approximate surface area is 184 Å². The summed E-state index contributed by atoms with van der Waals surface area (Å²) < 4.78 is 1.70. The molecule has 0 atom stereocenters. The molecule has 1 aliphatic heterocycles. The monoisotopic (exact) mass is 432 g/mol. The topological polar surface area (TPSA) is 97.4 Å². The molecule has 4 rings (SSSR count). The van der Waals surface area contributed by atoms with E-state index in [4.69, 9.17) is 18.0 Å². The number of nitrogens with two attached hydrogens (primary N) is 1. The Morgan fingerprint density at radius 2 is 1.87 bits per heavy atom. The van der Waals surface area contributed by atoms with Crippen LogP contribution in [0, 0.1) is 13.8 Å². The van der Waals surface area contributed by atoms with Gasteiger partial charge in [-0.05, 0) is 61.5 Å². The first-order valence-corrected chi connectivity index (χ1v) is 10.0. The van der Waals surface area contributed by atoms with Crippen LogP contribution >= 0.6 is 12.2 Å². The molecule has 1 saturated heterocycles. The summed E-state index contributed by atoms with van der Waals surface area (Å²) in [6.45, 7) is 3.91. The zero-order chi connectivity index (χ0) is 22.3. The van der Waals surface area contributed by atoms with Gasteiger partial charge in [0.15, 0.2) is 5.11 Å². The number of para-hydroxylation sites is 1. The van der Waals surface area contributed by atoms with Gasteiger partial charge in [0.1, 0.15) is 12.1 Å². The summed E-state index contributed by atoms with van der Waals surface area (Å²) in [7, 11) is 0. The fourth-order valence-electron chi connectivity index (χ4n) is 3.60. The Bertz CT molecular complexity index is 1310. The highest BCUT2D eigenvalue weighted by Crippen LogP contribution is 2.27. The maximum atomic E-state index is 13.3. The van der Waals surface area contributed by atoms with E-state index in [0.717, 1.165) is 22.0 Å². The Balaban J connectivity index is 1.81. The minimum absolute atomic E-state index is 0.0112. The number of amides is 3. The zero-order valence-electron chi connectivity index (χ0n) is 17.0. The maximum Gasteiger partial charge on any atom is 0.270 e. The van der Waals surface area contributed by atoms with E-state index in [2.05, 4.69) is 5.32 Å². The predicted molar refractivity (Wildman–Crippen MR) is 123 cm³/mol. The van der Waals surface area contributed by atoms with Crippen LogP contribution in [0.15, 0.2) is 54.2 Å². The Kier molecular flexibility index (Phi) is 5.16. The number of carbonyl (C=O) groups is 3. The first-order valence-electron chi connectivity index (χ1n) is 9.61. The number of nitrogens with zero attached hydrogens (tertiary/aromatic N) is 2. The molecule has 0 aliphatic carbocycles. The van der Waals surface area contributed by atoms with E-state index in [1.54, 1.807) is 16.8 Å². The Morgan fingerprint density at radius 3 is 2.58 bits per heavy atom. The molecule has 3 amide bonds. The zero-order valence-corrected chi connectivity index (χ0v) is 17.8. The van der Waals surface area contributed by atoms with Crippen LogP contribution in [-0.4, -0.2) is 27.4 Å². The molecule has 2 heterocycles. The number of aromatic nitrogens is 1. The molecule has 8 heteroatoms. The Hall–Kier alpha value is -3.78. The molecule has 2 aromatic carbocycles. The largest absolute Gasteiger partial charge is 0.368 e. The van der Waals surface area contributed by atoms with Crippen LogP contribution in [-0.2, 0) is 20.9 Å². The molecule has 1 fully saturated rings. The molecule has 3 N–H and O–H groups in total. The fourth-order valence-corrected chi connectivity index (χ4v) is 3.88. The fraction of sp³-hybridized carbons (Fsp3) is 0.130. The third-order valence-electron chi connectivity index (χ3n) is 5.30. The van der Waals surface area contributed by atoms with Gasteiger partial charge in [-0.15, -0.1) is 0 Å². The number of rotatable bonds is 4. The molecule has 0 saturated carbocycles. The molecule has 7 nitrogen and oxygen atoms in total. The first kappa shape index (κ1) is 20.5. The molecular formula is C23H20N4O3S. The molecule has 0 spiro atoms. The minimum Gasteiger partial charge on any atom is -0.368 e. The highest BCUT2D eigenvalue weighted by atomic mass is 32.1. The van der Waals surface area contributed by atoms with Crippen LogP contribution in [0.25, 0.3) is 17.0 Å². The lowest BCUT2D eigenvalue weighted by atomic mass is 10.0. The van der Waals surface area contributed by atoms with Crippen LogP contribution in [0.2, 0.25) is 0 Å². The van der Waals surface area contributed by atoms with Crippen LogP contribution in [0.3, 0.4) is 0 Å². The van der Waals surface area contributed by atoms with Gasteiger partial charge >= 0.3 is 0 Å². The molecule has 156 valence electrons. The molecular weight excluding hydrogens is 412 g/mol. The predicted octanol–water partition coefficient (Wildman–Crippen LogP) is 2.57. The molecule has 0 bridgehead atoms. The number of benzene rings is 2. The highest BCUT2D eigenvalue weighted by Gasteiger charge is 2.34. The summed E-state index contributed by atoms with van der Waals surface area (Å²) in [5.74, 6) is -1.57. The minimum atomic E-state index is -0.568. The molecule has 3 aromatic rings. The van der Waals surface area contributed by atoms with Crippen molar-refractivity contribution >= 4 is 57.7 Å². The number of hydrogen-bond acceptors (Lipinski definition) is 4. The van der Waals surface area contributed by atoms with Gasteiger partial charge in [-0.2, -0.15) is 0 Å². The number of carbonyl (C=O) groups excluding carboxylic acids is 3. The van der Waals surface area contributed by atoms with Gasteiger partial charge in [-0.3, -0.25) is 24.6 Å². The molecule has 1 aliphatic rings. The normalized spacial score (nSPS) is 15.6. The number of thiocarbonyl (C=S) groups is 1. The van der Waals surface area contributed by atoms with Crippen molar-refractivity contribution in [1.29, 1.82) is 0 Å². The average molecular weight is 433 g/mol. The van der Waals surface area contributed by atoms with Crippen molar-refractivity contribution in [2.75, 3.05) is 4.90 Å². The van der Waals surface area contributed by atoms with Crippen molar-refractivity contribution in [3.05, 3.63) is 70.9 Å². The highest BCUT2D eigenvalue weighted by molar-refractivity contribution is 7.80. The second-order valence-corrected chi connectivity index (χ2v) is 7.81. The van der Waals surface area contributed by atoms with Crippen molar-refractivity contribution in [2.45, 2.75) is 20.4 Å². The van der Waals surface area contributed by atoms with E-state index in [1.807, 2.05) is 50.2 Å². The lowest BCUT2D eigenvalue weighted by molar-refractivity contribution is -0.122.